The van der Waals surface area contributed by atoms with E-state index in [1.807, 2.05) is 0 Å². The Morgan fingerprint density at radius 3 is 2.19 bits per heavy atom. The molecule has 1 fully saturated rings. The van der Waals surface area contributed by atoms with Gasteiger partial charge in [0.1, 0.15) is 24.4 Å². The molecule has 0 amide bonds. The van der Waals surface area contributed by atoms with E-state index in [2.05, 4.69) is 9.26 Å². The van der Waals surface area contributed by atoms with E-state index in [-0.39, 0.29) is 0 Å². The quantitative estimate of drug-likeness (QED) is 0.366. The molecule has 1 aliphatic heterocycles. The van der Waals surface area contributed by atoms with Gasteiger partial charge in [-0.15, -0.1) is 0 Å². The molecule has 0 bridgehead atoms. The number of aliphatic hydroxyl groups excluding tert-OH is 4. The van der Waals surface area contributed by atoms with Gasteiger partial charge in [-0.2, -0.15) is 0 Å². The van der Waals surface area contributed by atoms with Crippen LogP contribution in [0.1, 0.15) is 0 Å². The van der Waals surface area contributed by atoms with E-state index in [1.54, 1.807) is 0 Å². The minimum absolute atomic E-state index is 0.855. The predicted octanol–water partition coefficient (Wildman–Crippen LogP) is -4.37. The Bertz CT molecular complexity index is 277. The minimum Gasteiger partial charge on any atom is -0.790 e. The molecule has 1 rings (SSSR count). The van der Waals surface area contributed by atoms with Gasteiger partial charge >= 0.3 is 0 Å². The minimum atomic E-state index is -5.23. The van der Waals surface area contributed by atoms with Gasteiger partial charge in [0.2, 0.25) is 0 Å². The van der Waals surface area contributed by atoms with Gasteiger partial charge in [-0.3, -0.25) is 0 Å². The summed E-state index contributed by atoms with van der Waals surface area (Å²) in [7, 11) is -5.23. The van der Waals surface area contributed by atoms with Crippen molar-refractivity contribution in [2.24, 2.45) is 0 Å². The molecule has 0 spiro atoms. The Hall–Kier alpha value is -0.0900. The van der Waals surface area contributed by atoms with E-state index in [9.17, 15) is 24.6 Å². The van der Waals surface area contributed by atoms with Crippen molar-refractivity contribution in [1.29, 1.82) is 0 Å². The number of ether oxygens (including phenoxy) is 1. The van der Waals surface area contributed by atoms with E-state index < -0.39 is 45.1 Å². The molecule has 4 N–H and O–H groups in total. The molecule has 0 aromatic heterocycles. The first-order valence-corrected chi connectivity index (χ1v) is 5.73. The summed E-state index contributed by atoms with van der Waals surface area (Å²) in [5.41, 5.74) is 0. The molecule has 0 saturated carbocycles. The van der Waals surface area contributed by atoms with Gasteiger partial charge in [0.25, 0.3) is 0 Å². The lowest BCUT2D eigenvalue weighted by Crippen LogP contribution is -2.58. The highest BCUT2D eigenvalue weighted by molar-refractivity contribution is 7.43. The summed E-state index contributed by atoms with van der Waals surface area (Å²) < 4.78 is 18.5. The summed E-state index contributed by atoms with van der Waals surface area (Å²) in [6.45, 7) is -0.855. The molecule has 16 heavy (non-hydrogen) atoms. The fourth-order valence-corrected chi connectivity index (χ4v) is 1.56. The topological polar surface area (TPSA) is 163 Å². The molecule has 0 aromatic carbocycles. The van der Waals surface area contributed by atoms with Crippen molar-refractivity contribution in [1.82, 2.24) is 0 Å². The third-order valence-corrected chi connectivity index (χ3v) is 2.55. The third-order valence-electron chi connectivity index (χ3n) is 2.08. The molecule has 0 radical (unpaired) electrons. The van der Waals surface area contributed by atoms with Crippen molar-refractivity contribution in [2.45, 2.75) is 30.7 Å². The summed E-state index contributed by atoms with van der Waals surface area (Å²) in [4.78, 5) is 20.3. The zero-order valence-electron chi connectivity index (χ0n) is 7.87. The normalized spacial score (nSPS) is 41.0. The second-order valence-electron chi connectivity index (χ2n) is 3.28. The van der Waals surface area contributed by atoms with Crippen LogP contribution in [-0.2, 0) is 13.8 Å². The number of rotatable bonds is 3. The van der Waals surface area contributed by atoms with Crippen molar-refractivity contribution in [2.75, 3.05) is 6.61 Å². The molecule has 1 aliphatic rings. The van der Waals surface area contributed by atoms with Gasteiger partial charge in [-0.25, -0.2) is 0 Å². The summed E-state index contributed by atoms with van der Waals surface area (Å²) in [5, 5.41) is 36.6. The van der Waals surface area contributed by atoms with E-state index in [4.69, 9.17) is 10.2 Å². The Labute approximate surface area is 90.1 Å². The second-order valence-corrected chi connectivity index (χ2v) is 4.43. The number of hydrogen-bond acceptors (Lipinski definition) is 9. The van der Waals surface area contributed by atoms with Crippen molar-refractivity contribution >= 4 is 7.82 Å². The van der Waals surface area contributed by atoms with E-state index >= 15 is 0 Å². The fourth-order valence-electron chi connectivity index (χ4n) is 1.23. The fraction of sp³-hybridized carbons (Fsp3) is 1.00. The van der Waals surface area contributed by atoms with E-state index in [0.717, 1.165) is 0 Å². The molecule has 3 unspecified atom stereocenters. The largest absolute Gasteiger partial charge is 0.790 e. The molecule has 5 atom stereocenters. The lowest BCUT2D eigenvalue weighted by atomic mass is 10.00. The van der Waals surface area contributed by atoms with Crippen molar-refractivity contribution in [3.8, 4) is 0 Å². The number of phosphoric ester groups is 1. The van der Waals surface area contributed by atoms with Crippen molar-refractivity contribution in [3.63, 3.8) is 0 Å². The van der Waals surface area contributed by atoms with Crippen LogP contribution >= 0.6 is 7.82 Å². The predicted molar refractivity (Wildman–Crippen MR) is 42.5 cm³/mol. The first-order valence-electron chi connectivity index (χ1n) is 4.26. The van der Waals surface area contributed by atoms with Crippen LogP contribution in [-0.4, -0.2) is 57.7 Å². The van der Waals surface area contributed by atoms with Gasteiger partial charge in [-0.05, 0) is 0 Å². The first kappa shape index (κ1) is 14.0. The Balaban J connectivity index is 2.57. The van der Waals surface area contributed by atoms with Crippen molar-refractivity contribution in [3.05, 3.63) is 0 Å². The van der Waals surface area contributed by atoms with Crippen LogP contribution in [0.3, 0.4) is 0 Å². The molecule has 1 heterocycles. The van der Waals surface area contributed by atoms with Crippen LogP contribution in [0, 0.1) is 0 Å². The lowest BCUT2D eigenvalue weighted by Gasteiger charge is -2.39. The highest BCUT2D eigenvalue weighted by atomic mass is 31.2. The summed E-state index contributed by atoms with van der Waals surface area (Å²) in [6.07, 6.45) is -8.35. The smallest absolute Gasteiger partial charge is 0.184 e. The van der Waals surface area contributed by atoms with Crippen LogP contribution in [0.5, 0.6) is 0 Å². The summed E-state index contributed by atoms with van der Waals surface area (Å²) >= 11 is 0. The van der Waals surface area contributed by atoms with Crippen molar-refractivity contribution < 1.29 is 44.0 Å². The summed E-state index contributed by atoms with van der Waals surface area (Å²) in [6, 6.07) is 0. The zero-order valence-corrected chi connectivity index (χ0v) is 8.77. The average molecular weight is 258 g/mol. The molecule has 1 saturated heterocycles. The van der Waals surface area contributed by atoms with Gasteiger partial charge in [-0.1, -0.05) is 0 Å². The van der Waals surface area contributed by atoms with Crippen LogP contribution < -0.4 is 9.79 Å². The maximum absolute atomic E-state index is 10.1. The van der Waals surface area contributed by atoms with Crippen LogP contribution in [0.15, 0.2) is 0 Å². The second kappa shape index (κ2) is 5.05. The van der Waals surface area contributed by atoms with Gasteiger partial charge in [0.15, 0.2) is 6.29 Å². The highest BCUT2D eigenvalue weighted by Gasteiger charge is 2.43. The number of hydrogen-bond donors (Lipinski definition) is 4. The molecular weight excluding hydrogens is 247 g/mol. The van der Waals surface area contributed by atoms with E-state index in [1.165, 1.54) is 0 Å². The number of phosphoric acid groups is 1. The van der Waals surface area contributed by atoms with Crippen LogP contribution in [0.25, 0.3) is 0 Å². The Morgan fingerprint density at radius 2 is 1.69 bits per heavy atom. The third kappa shape index (κ3) is 3.45. The monoisotopic (exact) mass is 258 g/mol. The SMILES string of the molecule is O=P([O-])([O-])OCC1O[C@@H](O)C(O)C(O)[C@@H]1O. The van der Waals surface area contributed by atoms with Gasteiger partial charge in [0.05, 0.1) is 14.4 Å². The first-order chi connectivity index (χ1) is 7.22. The molecule has 96 valence electrons. The molecule has 0 aromatic rings. The zero-order chi connectivity index (χ0) is 12.5. The van der Waals surface area contributed by atoms with Gasteiger partial charge < -0.3 is 44.0 Å². The van der Waals surface area contributed by atoms with Crippen LogP contribution in [0.4, 0.5) is 0 Å². The number of aliphatic hydroxyl groups is 4. The van der Waals surface area contributed by atoms with Crippen LogP contribution in [0.2, 0.25) is 0 Å². The Kier molecular flexibility index (Phi) is 4.41. The maximum atomic E-state index is 10.1. The average Bonchev–Trinajstić information content (AvgIpc) is 2.17. The van der Waals surface area contributed by atoms with Gasteiger partial charge in [0, 0.05) is 0 Å². The molecule has 10 heteroatoms. The molecule has 9 nitrogen and oxygen atoms in total. The summed E-state index contributed by atoms with van der Waals surface area (Å²) in [5.74, 6) is 0. The maximum Gasteiger partial charge on any atom is 0.184 e. The van der Waals surface area contributed by atoms with E-state index in [0.29, 0.717) is 0 Å². The molecular formula is C6H11O9P-2. The molecule has 0 aliphatic carbocycles. The lowest BCUT2D eigenvalue weighted by molar-refractivity contribution is -0.347. The Morgan fingerprint density at radius 1 is 1.12 bits per heavy atom. The highest BCUT2D eigenvalue weighted by Crippen LogP contribution is 2.27. The standard InChI is InChI=1S/C6H13O9P/c7-3-2(1-14-16(11,12)13)15-6(10)5(9)4(3)8/h2-10H,1H2,(H2,11,12,13)/p-2/t2?,3-,4?,5?,6-/m1/s1.